The number of ether oxygens (including phenoxy) is 1. The maximum atomic E-state index is 5.30. The summed E-state index contributed by atoms with van der Waals surface area (Å²) in [6.07, 6.45) is 0.900. The lowest BCUT2D eigenvalue weighted by Crippen LogP contribution is -2.21. The lowest BCUT2D eigenvalue weighted by Gasteiger charge is -2.13. The van der Waals surface area contributed by atoms with Crippen LogP contribution < -0.4 is 21.3 Å². The molecule has 0 aliphatic heterocycles. The van der Waals surface area contributed by atoms with Gasteiger partial charge in [0.05, 0.1) is 7.11 Å². The highest BCUT2D eigenvalue weighted by atomic mass is 32.1. The molecule has 0 bridgehead atoms. The number of aromatic nitrogens is 3. The van der Waals surface area contributed by atoms with E-state index in [0.717, 1.165) is 6.42 Å². The van der Waals surface area contributed by atoms with E-state index in [2.05, 4.69) is 44.1 Å². The van der Waals surface area contributed by atoms with Crippen molar-refractivity contribution in [3.8, 4) is 6.01 Å². The van der Waals surface area contributed by atoms with E-state index in [9.17, 15) is 0 Å². The first-order valence-electron chi connectivity index (χ1n) is 5.77. The number of nitrogen functional groups attached to an aromatic ring is 1. The Morgan fingerprint density at radius 1 is 1.37 bits per heavy atom. The Labute approximate surface area is 115 Å². The second-order valence-corrected chi connectivity index (χ2v) is 4.97. The second kappa shape index (κ2) is 6.30. The lowest BCUT2D eigenvalue weighted by atomic mass is 10.2. The number of thiophene rings is 1. The van der Waals surface area contributed by atoms with Crippen molar-refractivity contribution >= 4 is 23.2 Å². The average Bonchev–Trinajstić information content (AvgIpc) is 2.90. The number of anilines is 2. The minimum absolute atomic E-state index is 0.191. The number of nitrogens with zero attached hydrogens (tertiary/aromatic N) is 3. The van der Waals surface area contributed by atoms with Crippen molar-refractivity contribution in [2.75, 3.05) is 17.9 Å². The maximum absolute atomic E-state index is 5.30. The molecule has 2 heterocycles. The molecule has 0 saturated carbocycles. The molecule has 4 N–H and O–H groups in total. The SMILES string of the molecule is COc1nc(NN)nc(NC(C)Cc2cccs2)n1. The van der Waals surface area contributed by atoms with E-state index in [1.807, 2.05) is 6.07 Å². The minimum atomic E-state index is 0.191. The van der Waals surface area contributed by atoms with Crippen LogP contribution in [-0.4, -0.2) is 28.1 Å². The Kier molecular flexibility index (Phi) is 4.48. The van der Waals surface area contributed by atoms with Crippen LogP contribution in [0.5, 0.6) is 6.01 Å². The van der Waals surface area contributed by atoms with E-state index in [1.165, 1.54) is 12.0 Å². The summed E-state index contributed by atoms with van der Waals surface area (Å²) in [6.45, 7) is 2.06. The summed E-state index contributed by atoms with van der Waals surface area (Å²) in [6, 6.07) is 4.55. The van der Waals surface area contributed by atoms with E-state index in [1.54, 1.807) is 11.3 Å². The van der Waals surface area contributed by atoms with Crippen LogP contribution >= 0.6 is 11.3 Å². The summed E-state index contributed by atoms with van der Waals surface area (Å²) in [5.41, 5.74) is 2.38. The summed E-state index contributed by atoms with van der Waals surface area (Å²) in [5, 5.41) is 5.26. The Morgan fingerprint density at radius 2 is 2.16 bits per heavy atom. The van der Waals surface area contributed by atoms with Gasteiger partial charge in [-0.1, -0.05) is 6.07 Å². The van der Waals surface area contributed by atoms with Gasteiger partial charge >= 0.3 is 6.01 Å². The van der Waals surface area contributed by atoms with Gasteiger partial charge in [0.15, 0.2) is 0 Å². The van der Waals surface area contributed by atoms with Crippen LogP contribution in [0.2, 0.25) is 0 Å². The Balaban J connectivity index is 2.05. The molecule has 1 atom stereocenters. The van der Waals surface area contributed by atoms with Crippen molar-refractivity contribution in [3.05, 3.63) is 22.4 Å². The fourth-order valence-electron chi connectivity index (χ4n) is 1.58. The molecule has 8 heteroatoms. The molecular weight excluding hydrogens is 264 g/mol. The highest BCUT2D eigenvalue weighted by molar-refractivity contribution is 7.09. The predicted octanol–water partition coefficient (Wildman–Crippen LogP) is 1.27. The van der Waals surface area contributed by atoms with Crippen molar-refractivity contribution in [1.29, 1.82) is 0 Å². The molecule has 0 spiro atoms. The summed E-state index contributed by atoms with van der Waals surface area (Å²) in [7, 11) is 1.49. The highest BCUT2D eigenvalue weighted by Crippen LogP contribution is 2.15. The smallest absolute Gasteiger partial charge is 0.322 e. The van der Waals surface area contributed by atoms with Crippen LogP contribution in [0.4, 0.5) is 11.9 Å². The first kappa shape index (κ1) is 13.5. The monoisotopic (exact) mass is 280 g/mol. The van der Waals surface area contributed by atoms with E-state index in [-0.39, 0.29) is 18.0 Å². The van der Waals surface area contributed by atoms with Crippen LogP contribution in [0.15, 0.2) is 17.5 Å². The molecule has 0 radical (unpaired) electrons. The quantitative estimate of drug-likeness (QED) is 0.541. The number of nitrogens with two attached hydrogens (primary N) is 1. The summed E-state index contributed by atoms with van der Waals surface area (Å²) in [4.78, 5) is 13.5. The minimum Gasteiger partial charge on any atom is -0.467 e. The zero-order valence-electron chi connectivity index (χ0n) is 10.8. The molecule has 0 aliphatic rings. The van der Waals surface area contributed by atoms with Gasteiger partial charge < -0.3 is 10.1 Å². The summed E-state index contributed by atoms with van der Waals surface area (Å²) >= 11 is 1.73. The van der Waals surface area contributed by atoms with Gasteiger partial charge in [0.25, 0.3) is 0 Å². The van der Waals surface area contributed by atoms with Crippen LogP contribution in [0.3, 0.4) is 0 Å². The molecule has 1 unspecified atom stereocenters. The first-order valence-corrected chi connectivity index (χ1v) is 6.65. The molecule has 0 aliphatic carbocycles. The topological polar surface area (TPSA) is 98.0 Å². The van der Waals surface area contributed by atoms with E-state index < -0.39 is 0 Å². The van der Waals surface area contributed by atoms with Gasteiger partial charge in [0, 0.05) is 17.3 Å². The second-order valence-electron chi connectivity index (χ2n) is 3.94. The van der Waals surface area contributed by atoms with Crippen LogP contribution in [-0.2, 0) is 6.42 Å². The van der Waals surface area contributed by atoms with Crippen LogP contribution in [0, 0.1) is 0 Å². The average molecular weight is 280 g/mol. The van der Waals surface area contributed by atoms with Gasteiger partial charge in [-0.2, -0.15) is 15.0 Å². The van der Waals surface area contributed by atoms with Crippen LogP contribution in [0.25, 0.3) is 0 Å². The number of nitrogens with one attached hydrogen (secondary N) is 2. The maximum Gasteiger partial charge on any atom is 0.322 e. The number of hydrogen-bond donors (Lipinski definition) is 3. The van der Waals surface area contributed by atoms with Crippen molar-refractivity contribution < 1.29 is 4.74 Å². The number of rotatable bonds is 6. The van der Waals surface area contributed by atoms with E-state index in [4.69, 9.17) is 10.6 Å². The lowest BCUT2D eigenvalue weighted by molar-refractivity contribution is 0.379. The summed E-state index contributed by atoms with van der Waals surface area (Å²) < 4.78 is 4.99. The Hall–Kier alpha value is -1.93. The molecule has 2 rings (SSSR count). The standard InChI is InChI=1S/C11H16N6OS/c1-7(6-8-4-3-5-19-8)13-9-14-10(17-12)16-11(15-9)18-2/h3-5,7H,6,12H2,1-2H3,(H2,13,14,15,16,17). The molecule has 2 aromatic rings. The van der Waals surface area contributed by atoms with Gasteiger partial charge in [-0.05, 0) is 18.4 Å². The Bertz CT molecular complexity index is 496. The zero-order valence-corrected chi connectivity index (χ0v) is 11.6. The predicted molar refractivity (Wildman–Crippen MR) is 75.3 cm³/mol. The van der Waals surface area contributed by atoms with Gasteiger partial charge in [0.2, 0.25) is 11.9 Å². The Morgan fingerprint density at radius 3 is 2.79 bits per heavy atom. The van der Waals surface area contributed by atoms with Gasteiger partial charge in [-0.15, -0.1) is 11.3 Å². The molecule has 0 aromatic carbocycles. The molecule has 0 amide bonds. The number of hydrazine groups is 1. The molecule has 19 heavy (non-hydrogen) atoms. The van der Waals surface area contributed by atoms with E-state index in [0.29, 0.717) is 5.95 Å². The van der Waals surface area contributed by atoms with Crippen molar-refractivity contribution in [2.45, 2.75) is 19.4 Å². The third-order valence-corrected chi connectivity index (χ3v) is 3.29. The molecule has 2 aromatic heterocycles. The highest BCUT2D eigenvalue weighted by Gasteiger charge is 2.10. The fraction of sp³-hybridized carbons (Fsp3) is 0.364. The molecule has 102 valence electrons. The third-order valence-electron chi connectivity index (χ3n) is 2.39. The van der Waals surface area contributed by atoms with Crippen molar-refractivity contribution in [3.63, 3.8) is 0 Å². The summed E-state index contributed by atoms with van der Waals surface area (Å²) in [5.74, 6) is 5.99. The zero-order chi connectivity index (χ0) is 13.7. The normalized spacial score (nSPS) is 11.9. The number of hydrogen-bond acceptors (Lipinski definition) is 8. The molecule has 7 nitrogen and oxygen atoms in total. The van der Waals surface area contributed by atoms with Gasteiger partial charge in [-0.3, -0.25) is 5.43 Å². The van der Waals surface area contributed by atoms with Gasteiger partial charge in [-0.25, -0.2) is 5.84 Å². The largest absolute Gasteiger partial charge is 0.467 e. The third kappa shape index (κ3) is 3.76. The fourth-order valence-corrected chi connectivity index (χ4v) is 2.41. The first-order chi connectivity index (χ1) is 9.21. The van der Waals surface area contributed by atoms with Crippen molar-refractivity contribution in [1.82, 2.24) is 15.0 Å². The van der Waals surface area contributed by atoms with E-state index >= 15 is 0 Å². The number of methoxy groups -OCH3 is 1. The molecule has 0 fully saturated rings. The molecular formula is C11H16N6OS. The van der Waals surface area contributed by atoms with Crippen molar-refractivity contribution in [2.24, 2.45) is 5.84 Å². The van der Waals surface area contributed by atoms with Crippen LogP contribution in [0.1, 0.15) is 11.8 Å². The van der Waals surface area contributed by atoms with Gasteiger partial charge in [0.1, 0.15) is 0 Å². The molecule has 0 saturated heterocycles.